The van der Waals surface area contributed by atoms with Crippen molar-refractivity contribution in [2.24, 2.45) is 5.92 Å². The molecule has 0 spiro atoms. The first kappa shape index (κ1) is 27.8. The molecule has 3 aromatic rings. The normalized spacial score (nSPS) is 17.4. The second-order valence-electron chi connectivity index (χ2n) is 9.58. The molecule has 0 aliphatic carbocycles. The van der Waals surface area contributed by atoms with Gasteiger partial charge in [0.2, 0.25) is 5.82 Å². The van der Waals surface area contributed by atoms with Crippen LogP contribution in [0, 0.1) is 35.0 Å². The largest absolute Gasteiger partial charge is 0.491 e. The van der Waals surface area contributed by atoms with E-state index in [1.807, 2.05) is 6.08 Å². The summed E-state index contributed by atoms with van der Waals surface area (Å²) in [5, 5.41) is 0. The lowest BCUT2D eigenvalue weighted by Gasteiger charge is -2.29. The highest BCUT2D eigenvalue weighted by Gasteiger charge is 2.24. The second kappa shape index (κ2) is 12.6. The van der Waals surface area contributed by atoms with Crippen LogP contribution in [0.4, 0.5) is 22.0 Å². The summed E-state index contributed by atoms with van der Waals surface area (Å²) in [6, 6.07) is 8.96. The molecule has 1 aliphatic rings. The van der Waals surface area contributed by atoms with Crippen LogP contribution in [-0.2, 0) is 11.2 Å². The highest BCUT2D eigenvalue weighted by Crippen LogP contribution is 2.36. The summed E-state index contributed by atoms with van der Waals surface area (Å²) in [6.45, 7) is 6.20. The Morgan fingerprint density at radius 1 is 0.842 bits per heavy atom. The fourth-order valence-corrected chi connectivity index (χ4v) is 4.90. The lowest BCUT2D eigenvalue weighted by Crippen LogP contribution is -2.26. The number of rotatable bonds is 10. The van der Waals surface area contributed by atoms with Gasteiger partial charge in [-0.2, -0.15) is 4.39 Å². The first-order valence-electron chi connectivity index (χ1n) is 12.9. The van der Waals surface area contributed by atoms with E-state index >= 15 is 4.39 Å². The molecule has 0 aromatic heterocycles. The molecule has 3 aromatic carbocycles. The van der Waals surface area contributed by atoms with Crippen LogP contribution in [0.25, 0.3) is 22.3 Å². The summed E-state index contributed by atoms with van der Waals surface area (Å²) in [4.78, 5) is 0. The maximum absolute atomic E-state index is 15.0. The molecule has 7 heteroatoms. The van der Waals surface area contributed by atoms with Crippen molar-refractivity contribution >= 4 is 0 Å². The summed E-state index contributed by atoms with van der Waals surface area (Å²) >= 11 is 0. The van der Waals surface area contributed by atoms with Gasteiger partial charge >= 0.3 is 0 Å². The van der Waals surface area contributed by atoms with Crippen LogP contribution >= 0.6 is 0 Å². The molecular weight excluding hydrogens is 499 g/mol. The van der Waals surface area contributed by atoms with Crippen molar-refractivity contribution in [1.29, 1.82) is 0 Å². The zero-order chi connectivity index (χ0) is 27.2. The number of hydrogen-bond acceptors (Lipinski definition) is 2. The molecule has 0 N–H and O–H groups in total. The van der Waals surface area contributed by atoms with Crippen molar-refractivity contribution in [1.82, 2.24) is 0 Å². The molecule has 202 valence electrons. The van der Waals surface area contributed by atoms with Gasteiger partial charge in [0.05, 0.1) is 12.7 Å². The lowest BCUT2D eigenvalue weighted by atomic mass is 9.91. The van der Waals surface area contributed by atoms with E-state index in [0.29, 0.717) is 12.3 Å². The van der Waals surface area contributed by atoms with E-state index in [1.54, 1.807) is 13.0 Å². The lowest BCUT2D eigenvalue weighted by molar-refractivity contribution is -0.0211. The summed E-state index contributed by atoms with van der Waals surface area (Å²) in [5.41, 5.74) is -0.617. The van der Waals surface area contributed by atoms with Crippen LogP contribution in [0.5, 0.6) is 5.75 Å². The van der Waals surface area contributed by atoms with Crippen molar-refractivity contribution in [2.45, 2.75) is 51.6 Å². The molecule has 1 fully saturated rings. The van der Waals surface area contributed by atoms with Crippen LogP contribution in [0.3, 0.4) is 0 Å². The van der Waals surface area contributed by atoms with Gasteiger partial charge in [-0.25, -0.2) is 17.6 Å². The standard InChI is InChI=1S/C31H31F5O2/c1-3-5-6-20-8-11-21(38-18-20)10-7-19-9-12-22(26(32)17-19)23-13-14-24(29(34)28(23)33)25-15-16-27(37-4-2)31(36)30(25)35/h3,9,12-17,20-21H,1,4-8,10-11,18H2,2H3. The van der Waals surface area contributed by atoms with Crippen LogP contribution in [0.1, 0.15) is 44.6 Å². The Bertz CT molecular complexity index is 1280. The summed E-state index contributed by atoms with van der Waals surface area (Å²) in [5.74, 6) is -5.85. The molecule has 2 atom stereocenters. The molecule has 2 nitrogen and oxygen atoms in total. The Morgan fingerprint density at radius 2 is 1.47 bits per heavy atom. The first-order chi connectivity index (χ1) is 18.3. The zero-order valence-electron chi connectivity index (χ0n) is 21.3. The van der Waals surface area contributed by atoms with Crippen LogP contribution in [0.2, 0.25) is 0 Å². The Labute approximate surface area is 220 Å². The molecule has 0 saturated carbocycles. The summed E-state index contributed by atoms with van der Waals surface area (Å²) in [6.07, 6.45) is 7.48. The molecule has 0 bridgehead atoms. The van der Waals surface area contributed by atoms with Crippen LogP contribution in [0.15, 0.2) is 55.1 Å². The number of ether oxygens (including phenoxy) is 2. The summed E-state index contributed by atoms with van der Waals surface area (Å²) < 4.78 is 84.8. The van der Waals surface area contributed by atoms with Gasteiger partial charge in [0.15, 0.2) is 23.2 Å². The maximum atomic E-state index is 15.0. The predicted octanol–water partition coefficient (Wildman–Crippen LogP) is 8.81. The monoisotopic (exact) mass is 530 g/mol. The minimum Gasteiger partial charge on any atom is -0.491 e. The Hall–Kier alpha value is -3.19. The topological polar surface area (TPSA) is 18.5 Å². The molecule has 0 amide bonds. The van der Waals surface area contributed by atoms with Crippen molar-refractivity contribution < 1.29 is 31.4 Å². The highest BCUT2D eigenvalue weighted by molar-refractivity contribution is 5.73. The van der Waals surface area contributed by atoms with E-state index in [2.05, 4.69) is 6.58 Å². The number of allylic oxidation sites excluding steroid dienone is 1. The Morgan fingerprint density at radius 3 is 2.08 bits per heavy atom. The number of benzene rings is 3. The molecule has 38 heavy (non-hydrogen) atoms. The van der Waals surface area contributed by atoms with Gasteiger partial charge < -0.3 is 9.47 Å². The van der Waals surface area contributed by atoms with E-state index in [4.69, 9.17) is 9.47 Å². The number of aryl methyl sites for hydroxylation is 1. The second-order valence-corrected chi connectivity index (χ2v) is 9.58. The molecule has 1 saturated heterocycles. The van der Waals surface area contributed by atoms with E-state index in [-0.39, 0.29) is 29.6 Å². The van der Waals surface area contributed by atoms with Crippen LogP contribution < -0.4 is 4.74 Å². The average molecular weight is 531 g/mol. The highest BCUT2D eigenvalue weighted by atomic mass is 19.2. The maximum Gasteiger partial charge on any atom is 0.201 e. The van der Waals surface area contributed by atoms with Gasteiger partial charge in [-0.3, -0.25) is 0 Å². The van der Waals surface area contributed by atoms with Gasteiger partial charge in [0.1, 0.15) is 5.82 Å². The van der Waals surface area contributed by atoms with Crippen molar-refractivity contribution in [2.75, 3.05) is 13.2 Å². The fraction of sp³-hybridized carbons (Fsp3) is 0.355. The van der Waals surface area contributed by atoms with E-state index in [9.17, 15) is 17.6 Å². The third kappa shape index (κ3) is 6.09. The average Bonchev–Trinajstić information content (AvgIpc) is 2.92. The van der Waals surface area contributed by atoms with Gasteiger partial charge in [-0.15, -0.1) is 6.58 Å². The van der Waals surface area contributed by atoms with Crippen molar-refractivity contribution in [3.05, 3.63) is 89.8 Å². The number of halogens is 5. The third-order valence-electron chi connectivity index (χ3n) is 7.04. The van der Waals surface area contributed by atoms with Gasteiger partial charge in [0.25, 0.3) is 0 Å². The molecular formula is C31H31F5O2. The van der Waals surface area contributed by atoms with Crippen LogP contribution in [-0.4, -0.2) is 19.3 Å². The smallest absolute Gasteiger partial charge is 0.201 e. The first-order valence-corrected chi connectivity index (χ1v) is 12.9. The molecule has 1 aliphatic heterocycles. The molecule has 1 heterocycles. The van der Waals surface area contributed by atoms with E-state index in [0.717, 1.165) is 68.5 Å². The third-order valence-corrected chi connectivity index (χ3v) is 7.04. The fourth-order valence-electron chi connectivity index (χ4n) is 4.90. The SMILES string of the molecule is C=CCCC1CCC(CCc2ccc(-c3ccc(-c4ccc(OCC)c(F)c4F)c(F)c3F)c(F)c2)OC1. The Balaban J connectivity index is 1.47. The molecule has 2 unspecified atom stereocenters. The minimum absolute atomic E-state index is 0.114. The van der Waals surface area contributed by atoms with E-state index in [1.165, 1.54) is 12.1 Å². The summed E-state index contributed by atoms with van der Waals surface area (Å²) in [7, 11) is 0. The van der Waals surface area contributed by atoms with Crippen molar-refractivity contribution in [3.63, 3.8) is 0 Å². The van der Waals surface area contributed by atoms with Gasteiger partial charge in [0, 0.05) is 28.9 Å². The predicted molar refractivity (Wildman–Crippen MR) is 138 cm³/mol. The number of hydrogen-bond donors (Lipinski definition) is 0. The van der Waals surface area contributed by atoms with Gasteiger partial charge in [-0.05, 0) is 75.1 Å². The zero-order valence-corrected chi connectivity index (χ0v) is 21.3. The molecule has 4 rings (SSSR count). The quantitative estimate of drug-likeness (QED) is 0.193. The molecule has 0 radical (unpaired) electrons. The van der Waals surface area contributed by atoms with E-state index < -0.39 is 40.2 Å². The Kier molecular flexibility index (Phi) is 9.21. The minimum atomic E-state index is -1.39. The van der Waals surface area contributed by atoms with Gasteiger partial charge in [-0.1, -0.05) is 30.3 Å². The van der Waals surface area contributed by atoms with Crippen molar-refractivity contribution in [3.8, 4) is 28.0 Å².